The van der Waals surface area contributed by atoms with Crippen molar-refractivity contribution in [2.75, 3.05) is 52.5 Å². The van der Waals surface area contributed by atoms with Gasteiger partial charge in [-0.05, 0) is 99.8 Å². The van der Waals surface area contributed by atoms with Crippen LogP contribution in [0.2, 0.25) is 0 Å². The molecule has 0 radical (unpaired) electrons. The highest BCUT2D eigenvalue weighted by Gasteiger charge is 2.38. The standard InChI is InChI=1S/C21H22N2O2.C13H19NO.C8H5NO2.C4H8O.CH4/c1-15(17-7-3-2-4-8-17)22-12-11-16(13-22)14-23-20(24)18-9-5-6-10-19(18)21(23)25;1-11(13-5-3-2-4-6-13)14-8-7-12(9-14)10-15;10-7-5-3-1-2-4-6(5)8(11)9-7;1-2-4-5-3-1;/h2-10,15-16H,11-14H2,1H3;2-6,11-12,15H,7-10H2,1H3;1-4H,(H,9,10,11);1-4H2;1H4/t15-,16-;11-,12-;;;/m00.../s1. The van der Waals surface area contributed by atoms with Crippen LogP contribution in [-0.4, -0.2) is 96.0 Å². The van der Waals surface area contributed by atoms with Gasteiger partial charge in [0, 0.05) is 51.5 Å². The van der Waals surface area contributed by atoms with E-state index in [-0.39, 0.29) is 31.1 Å². The molecule has 0 aliphatic carbocycles. The van der Waals surface area contributed by atoms with Crippen molar-refractivity contribution >= 4 is 23.6 Å². The van der Waals surface area contributed by atoms with Gasteiger partial charge in [0.25, 0.3) is 23.6 Å². The molecule has 2 N–H and O–H groups in total. The van der Waals surface area contributed by atoms with Crippen molar-refractivity contribution in [1.82, 2.24) is 20.0 Å². The fraction of sp³-hybridized carbons (Fsp3) is 0.404. The Balaban J connectivity index is 0.000000164. The topological polar surface area (TPSA) is 119 Å². The van der Waals surface area contributed by atoms with Gasteiger partial charge >= 0.3 is 0 Å². The summed E-state index contributed by atoms with van der Waals surface area (Å²) in [5.41, 5.74) is 4.70. The number of aliphatic hydroxyl groups excluding tert-OH is 1. The van der Waals surface area contributed by atoms with Gasteiger partial charge in [0.2, 0.25) is 0 Å². The lowest BCUT2D eigenvalue weighted by Crippen LogP contribution is -2.35. The Bertz CT molecular complexity index is 1860. The van der Waals surface area contributed by atoms with Crippen molar-refractivity contribution < 1.29 is 29.0 Å². The van der Waals surface area contributed by atoms with Gasteiger partial charge < -0.3 is 9.84 Å². The summed E-state index contributed by atoms with van der Waals surface area (Å²) in [6.45, 7) is 11.4. The summed E-state index contributed by atoms with van der Waals surface area (Å²) in [6.07, 6.45) is 4.71. The molecule has 0 aromatic heterocycles. The molecule has 0 spiro atoms. The first-order chi connectivity index (χ1) is 27.2. The normalized spacial score (nSPS) is 20.8. The van der Waals surface area contributed by atoms with Crippen molar-refractivity contribution in [3.05, 3.63) is 143 Å². The number of nitrogens with one attached hydrogen (secondary N) is 1. The molecule has 3 fully saturated rings. The molecule has 3 saturated heterocycles. The van der Waals surface area contributed by atoms with E-state index >= 15 is 0 Å². The number of fused-ring (bicyclic) bond motifs is 2. The number of aliphatic hydroxyl groups is 1. The maximum atomic E-state index is 12.5. The minimum Gasteiger partial charge on any atom is -0.396 e. The summed E-state index contributed by atoms with van der Waals surface area (Å²) in [5.74, 6) is -0.0638. The molecule has 4 atom stereocenters. The third kappa shape index (κ3) is 10.9. The number of nitrogens with zero attached hydrogens (tertiary/aromatic N) is 3. The molecule has 10 nitrogen and oxygen atoms in total. The molecule has 5 heterocycles. The molecule has 9 rings (SSSR count). The maximum absolute atomic E-state index is 12.5. The van der Waals surface area contributed by atoms with E-state index < -0.39 is 0 Å². The lowest BCUT2D eigenvalue weighted by molar-refractivity contribution is 0.0628. The molecule has 302 valence electrons. The van der Waals surface area contributed by atoms with Gasteiger partial charge in [0.15, 0.2) is 0 Å². The van der Waals surface area contributed by atoms with Crippen molar-refractivity contribution in [3.63, 3.8) is 0 Å². The minimum absolute atomic E-state index is 0. The number of benzene rings is 4. The molecular formula is C47H58N4O6. The van der Waals surface area contributed by atoms with Gasteiger partial charge in [-0.1, -0.05) is 92.4 Å². The van der Waals surface area contributed by atoms with Crippen LogP contribution in [0, 0.1) is 11.8 Å². The molecule has 4 aromatic rings. The van der Waals surface area contributed by atoms with Gasteiger partial charge in [-0.2, -0.15) is 0 Å². The number of rotatable bonds is 7. The second-order valence-electron chi connectivity index (χ2n) is 15.1. The third-order valence-corrected chi connectivity index (χ3v) is 11.3. The van der Waals surface area contributed by atoms with Gasteiger partial charge in [0.1, 0.15) is 0 Å². The van der Waals surface area contributed by atoms with Crippen LogP contribution in [0.4, 0.5) is 0 Å². The average Bonchev–Trinajstić information content (AvgIpc) is 4.12. The second kappa shape index (κ2) is 21.0. The zero-order valence-corrected chi connectivity index (χ0v) is 32.5. The van der Waals surface area contributed by atoms with Crippen LogP contribution in [0.1, 0.15) is 112 Å². The quantitative estimate of drug-likeness (QED) is 0.186. The monoisotopic (exact) mass is 774 g/mol. The SMILES string of the molecule is C.C1CCOC1.C[C@@H](c1ccccc1)N1CC[C@H](CN2C(=O)c3ccccc3C2=O)C1.C[C@@H](c1ccccc1)N1CC[C@H](CO)C1.O=C1NC(=O)c2ccccc21. The number of imide groups is 2. The maximum Gasteiger partial charge on any atom is 0.261 e. The zero-order valence-electron chi connectivity index (χ0n) is 32.5. The van der Waals surface area contributed by atoms with E-state index in [0.717, 1.165) is 52.2 Å². The third-order valence-electron chi connectivity index (χ3n) is 11.3. The van der Waals surface area contributed by atoms with E-state index in [1.54, 1.807) is 36.4 Å². The highest BCUT2D eigenvalue weighted by Crippen LogP contribution is 2.30. The summed E-state index contributed by atoms with van der Waals surface area (Å²) < 4.78 is 4.94. The van der Waals surface area contributed by atoms with E-state index in [0.29, 0.717) is 59.3 Å². The summed E-state index contributed by atoms with van der Waals surface area (Å²) in [4.78, 5) is 53.3. The lowest BCUT2D eigenvalue weighted by Gasteiger charge is -2.25. The Labute approximate surface area is 337 Å². The van der Waals surface area contributed by atoms with Crippen LogP contribution in [0.3, 0.4) is 0 Å². The van der Waals surface area contributed by atoms with Crippen molar-refractivity contribution in [1.29, 1.82) is 0 Å². The number of likely N-dealkylation sites (tertiary alicyclic amines) is 2. The number of ether oxygens (including phenoxy) is 1. The molecule has 0 unspecified atom stereocenters. The van der Waals surface area contributed by atoms with Crippen LogP contribution < -0.4 is 5.32 Å². The Morgan fingerprint density at radius 2 is 1.02 bits per heavy atom. The Kier molecular flexibility index (Phi) is 15.9. The molecule has 0 saturated carbocycles. The van der Waals surface area contributed by atoms with Gasteiger partial charge in [0.05, 0.1) is 22.3 Å². The molecule has 4 amide bonds. The summed E-state index contributed by atoms with van der Waals surface area (Å²) in [6, 6.07) is 35.7. The Morgan fingerprint density at radius 3 is 1.42 bits per heavy atom. The fourth-order valence-corrected chi connectivity index (χ4v) is 7.90. The molecule has 10 heteroatoms. The van der Waals surface area contributed by atoms with Crippen molar-refractivity contribution in [3.8, 4) is 0 Å². The predicted molar refractivity (Wildman–Crippen MR) is 223 cm³/mol. The van der Waals surface area contributed by atoms with Crippen LogP contribution >= 0.6 is 0 Å². The number of carbonyl (C=O) groups is 4. The summed E-state index contributed by atoms with van der Waals surface area (Å²) in [7, 11) is 0. The van der Waals surface area contributed by atoms with Gasteiger partial charge in [-0.3, -0.25) is 39.2 Å². The van der Waals surface area contributed by atoms with Gasteiger partial charge in [-0.15, -0.1) is 0 Å². The first kappa shape index (κ1) is 43.1. The van der Waals surface area contributed by atoms with E-state index in [1.807, 2.05) is 18.2 Å². The number of hydrogen-bond donors (Lipinski definition) is 2. The van der Waals surface area contributed by atoms with E-state index in [1.165, 1.54) is 28.9 Å². The Hall–Kier alpha value is -5.00. The first-order valence-electron chi connectivity index (χ1n) is 19.9. The van der Waals surface area contributed by atoms with E-state index in [4.69, 9.17) is 9.84 Å². The largest absolute Gasteiger partial charge is 0.396 e. The summed E-state index contributed by atoms with van der Waals surface area (Å²) >= 11 is 0. The molecule has 0 bridgehead atoms. The number of hydrogen-bond acceptors (Lipinski definition) is 8. The fourth-order valence-electron chi connectivity index (χ4n) is 7.90. The van der Waals surface area contributed by atoms with E-state index in [2.05, 4.69) is 83.6 Å². The average molecular weight is 775 g/mol. The first-order valence-corrected chi connectivity index (χ1v) is 19.9. The second-order valence-corrected chi connectivity index (χ2v) is 15.1. The van der Waals surface area contributed by atoms with Crippen LogP contribution in [0.15, 0.2) is 109 Å². The van der Waals surface area contributed by atoms with Crippen LogP contribution in [0.5, 0.6) is 0 Å². The van der Waals surface area contributed by atoms with Crippen molar-refractivity contribution in [2.45, 2.75) is 59.0 Å². The van der Waals surface area contributed by atoms with E-state index in [9.17, 15) is 19.2 Å². The van der Waals surface area contributed by atoms with Crippen molar-refractivity contribution in [2.24, 2.45) is 11.8 Å². The zero-order chi connectivity index (χ0) is 39.4. The predicted octanol–water partition coefficient (Wildman–Crippen LogP) is 7.43. The molecule has 5 aliphatic rings. The highest BCUT2D eigenvalue weighted by atomic mass is 16.5. The molecular weight excluding hydrogens is 717 g/mol. The number of amides is 4. The molecule has 57 heavy (non-hydrogen) atoms. The highest BCUT2D eigenvalue weighted by molar-refractivity contribution is 6.22. The summed E-state index contributed by atoms with van der Waals surface area (Å²) in [5, 5.41) is 11.3. The van der Waals surface area contributed by atoms with Crippen LogP contribution in [-0.2, 0) is 4.74 Å². The molecule has 5 aliphatic heterocycles. The van der Waals surface area contributed by atoms with Gasteiger partial charge in [-0.25, -0.2) is 0 Å². The lowest BCUT2D eigenvalue weighted by atomic mass is 10.1. The number of carbonyl (C=O) groups excluding carboxylic acids is 4. The van der Waals surface area contributed by atoms with Crippen LogP contribution in [0.25, 0.3) is 0 Å². The minimum atomic E-state index is -0.300. The Morgan fingerprint density at radius 1 is 0.614 bits per heavy atom. The smallest absolute Gasteiger partial charge is 0.261 e. The molecule has 4 aromatic carbocycles.